The molecule has 18 heavy (non-hydrogen) atoms. The topological polar surface area (TPSA) is 51.0 Å². The third-order valence-electron chi connectivity index (χ3n) is 2.63. The van der Waals surface area contributed by atoms with Crippen LogP contribution in [-0.4, -0.2) is 23.8 Å². The summed E-state index contributed by atoms with van der Waals surface area (Å²) in [4.78, 5) is 0. The minimum atomic E-state index is 0.582. The van der Waals surface area contributed by atoms with Crippen LogP contribution in [0.15, 0.2) is 28.7 Å². The van der Waals surface area contributed by atoms with E-state index in [1.807, 2.05) is 31.3 Å². The van der Waals surface area contributed by atoms with Gasteiger partial charge in [0.05, 0.1) is 6.42 Å². The van der Waals surface area contributed by atoms with Gasteiger partial charge < -0.3 is 9.73 Å². The van der Waals surface area contributed by atoms with Crippen LogP contribution in [0, 0.1) is 0 Å². The molecular formula is C13H16ClN3O. The standard InChI is InChI=1S/C13H16ClN3O/c1-15-8-4-7-12-16-17-13(18-12)9-10-5-2-3-6-11(10)14/h2-3,5-6,15H,4,7-9H2,1H3. The summed E-state index contributed by atoms with van der Waals surface area (Å²) in [6.07, 6.45) is 2.37. The molecule has 0 aliphatic heterocycles. The van der Waals surface area contributed by atoms with E-state index in [2.05, 4.69) is 15.5 Å². The number of nitrogens with zero attached hydrogens (tertiary/aromatic N) is 2. The molecule has 1 N–H and O–H groups in total. The molecule has 0 aliphatic rings. The van der Waals surface area contributed by atoms with Crippen LogP contribution < -0.4 is 5.32 Å². The van der Waals surface area contributed by atoms with Crippen LogP contribution in [0.5, 0.6) is 0 Å². The van der Waals surface area contributed by atoms with Gasteiger partial charge in [-0.2, -0.15) is 0 Å². The highest BCUT2D eigenvalue weighted by atomic mass is 35.5. The summed E-state index contributed by atoms with van der Waals surface area (Å²) in [5.41, 5.74) is 1.00. The summed E-state index contributed by atoms with van der Waals surface area (Å²) in [5.74, 6) is 1.30. The Balaban J connectivity index is 1.96. The highest BCUT2D eigenvalue weighted by molar-refractivity contribution is 6.31. The van der Waals surface area contributed by atoms with Crippen molar-refractivity contribution in [1.82, 2.24) is 15.5 Å². The zero-order chi connectivity index (χ0) is 12.8. The van der Waals surface area contributed by atoms with Gasteiger partial charge in [0.15, 0.2) is 0 Å². The maximum atomic E-state index is 6.09. The summed E-state index contributed by atoms with van der Waals surface area (Å²) < 4.78 is 5.58. The number of hydrogen-bond acceptors (Lipinski definition) is 4. The van der Waals surface area contributed by atoms with E-state index in [0.717, 1.165) is 30.0 Å². The quantitative estimate of drug-likeness (QED) is 0.816. The van der Waals surface area contributed by atoms with Gasteiger partial charge in [-0.05, 0) is 31.6 Å². The van der Waals surface area contributed by atoms with Crippen LogP contribution in [-0.2, 0) is 12.8 Å². The molecule has 5 heteroatoms. The lowest BCUT2D eigenvalue weighted by Crippen LogP contribution is -2.08. The van der Waals surface area contributed by atoms with Crippen molar-refractivity contribution in [2.75, 3.05) is 13.6 Å². The molecule has 0 fully saturated rings. The number of rotatable bonds is 6. The molecule has 1 aromatic heterocycles. The third kappa shape index (κ3) is 3.55. The molecule has 1 heterocycles. The number of aryl methyl sites for hydroxylation is 1. The van der Waals surface area contributed by atoms with E-state index in [9.17, 15) is 0 Å². The van der Waals surface area contributed by atoms with Gasteiger partial charge in [0.2, 0.25) is 11.8 Å². The maximum absolute atomic E-state index is 6.09. The zero-order valence-electron chi connectivity index (χ0n) is 10.3. The van der Waals surface area contributed by atoms with Crippen LogP contribution in [0.2, 0.25) is 5.02 Å². The lowest BCUT2D eigenvalue weighted by molar-refractivity contribution is 0.451. The molecule has 0 saturated heterocycles. The Bertz CT molecular complexity index is 498. The van der Waals surface area contributed by atoms with Crippen molar-refractivity contribution in [3.05, 3.63) is 46.6 Å². The molecule has 0 amide bonds. The van der Waals surface area contributed by atoms with Crippen LogP contribution in [0.4, 0.5) is 0 Å². The van der Waals surface area contributed by atoms with E-state index in [1.165, 1.54) is 0 Å². The van der Waals surface area contributed by atoms with Gasteiger partial charge in [-0.3, -0.25) is 0 Å². The first-order valence-electron chi connectivity index (χ1n) is 5.99. The van der Waals surface area contributed by atoms with Crippen molar-refractivity contribution in [2.45, 2.75) is 19.3 Å². The summed E-state index contributed by atoms with van der Waals surface area (Å²) in [7, 11) is 1.93. The number of benzene rings is 1. The number of aromatic nitrogens is 2. The minimum absolute atomic E-state index is 0.582. The van der Waals surface area contributed by atoms with Gasteiger partial charge in [0, 0.05) is 11.4 Å². The first kappa shape index (κ1) is 13.1. The zero-order valence-corrected chi connectivity index (χ0v) is 11.1. The molecule has 0 aliphatic carbocycles. The minimum Gasteiger partial charge on any atom is -0.425 e. The Morgan fingerprint density at radius 2 is 2.00 bits per heavy atom. The molecule has 0 saturated carbocycles. The number of halogens is 1. The van der Waals surface area contributed by atoms with Gasteiger partial charge in [0.1, 0.15) is 0 Å². The Kier molecular flexibility index (Phi) is 4.73. The largest absolute Gasteiger partial charge is 0.425 e. The predicted octanol–water partition coefficient (Wildman–Crippen LogP) is 2.47. The van der Waals surface area contributed by atoms with Crippen LogP contribution >= 0.6 is 11.6 Å². The second kappa shape index (κ2) is 6.52. The van der Waals surface area contributed by atoms with Crippen molar-refractivity contribution in [3.63, 3.8) is 0 Å². The normalized spacial score (nSPS) is 10.8. The molecule has 0 spiro atoms. The lowest BCUT2D eigenvalue weighted by atomic mass is 10.1. The smallest absolute Gasteiger partial charge is 0.220 e. The van der Waals surface area contributed by atoms with E-state index < -0.39 is 0 Å². The predicted molar refractivity (Wildman–Crippen MR) is 70.8 cm³/mol. The number of hydrogen-bond donors (Lipinski definition) is 1. The molecule has 2 rings (SSSR count). The van der Waals surface area contributed by atoms with Crippen LogP contribution in [0.1, 0.15) is 23.8 Å². The highest BCUT2D eigenvalue weighted by Crippen LogP contribution is 2.18. The van der Waals surface area contributed by atoms with Crippen molar-refractivity contribution >= 4 is 11.6 Å². The second-order valence-corrected chi connectivity index (χ2v) is 4.47. The summed E-state index contributed by atoms with van der Waals surface area (Å²) in [6.45, 7) is 0.947. The molecule has 4 nitrogen and oxygen atoms in total. The fraction of sp³-hybridized carbons (Fsp3) is 0.385. The second-order valence-electron chi connectivity index (χ2n) is 4.06. The van der Waals surface area contributed by atoms with E-state index in [0.29, 0.717) is 18.2 Å². The van der Waals surface area contributed by atoms with Gasteiger partial charge >= 0.3 is 0 Å². The lowest BCUT2D eigenvalue weighted by Gasteiger charge is -1.99. The van der Waals surface area contributed by atoms with Crippen molar-refractivity contribution < 1.29 is 4.42 Å². The summed E-state index contributed by atoms with van der Waals surface area (Å²) in [5, 5.41) is 11.9. The van der Waals surface area contributed by atoms with E-state index >= 15 is 0 Å². The summed E-state index contributed by atoms with van der Waals surface area (Å²) >= 11 is 6.09. The Labute approximate surface area is 111 Å². The van der Waals surface area contributed by atoms with Crippen molar-refractivity contribution in [1.29, 1.82) is 0 Å². The monoisotopic (exact) mass is 265 g/mol. The van der Waals surface area contributed by atoms with Crippen molar-refractivity contribution in [2.24, 2.45) is 0 Å². The van der Waals surface area contributed by atoms with Gasteiger partial charge in [-0.25, -0.2) is 0 Å². The van der Waals surface area contributed by atoms with Gasteiger partial charge in [-0.15, -0.1) is 10.2 Å². The fourth-order valence-electron chi connectivity index (χ4n) is 1.68. The molecule has 0 unspecified atom stereocenters. The maximum Gasteiger partial charge on any atom is 0.220 e. The number of nitrogens with one attached hydrogen (secondary N) is 1. The molecular weight excluding hydrogens is 250 g/mol. The van der Waals surface area contributed by atoms with E-state index in [4.69, 9.17) is 16.0 Å². The summed E-state index contributed by atoms with van der Waals surface area (Å²) in [6, 6.07) is 7.68. The van der Waals surface area contributed by atoms with E-state index in [1.54, 1.807) is 0 Å². The average Bonchev–Trinajstić information content (AvgIpc) is 2.80. The SMILES string of the molecule is CNCCCc1nnc(Cc2ccccc2Cl)o1. The third-order valence-corrected chi connectivity index (χ3v) is 2.99. The molecule has 96 valence electrons. The molecule has 2 aromatic rings. The highest BCUT2D eigenvalue weighted by Gasteiger charge is 2.08. The van der Waals surface area contributed by atoms with Crippen LogP contribution in [0.3, 0.4) is 0 Å². The molecule has 0 bridgehead atoms. The Hall–Kier alpha value is -1.39. The first-order chi connectivity index (χ1) is 8.79. The fourth-order valence-corrected chi connectivity index (χ4v) is 1.88. The first-order valence-corrected chi connectivity index (χ1v) is 6.36. The Morgan fingerprint density at radius 3 is 2.78 bits per heavy atom. The molecule has 1 aromatic carbocycles. The molecule has 0 radical (unpaired) electrons. The van der Waals surface area contributed by atoms with Crippen LogP contribution in [0.25, 0.3) is 0 Å². The van der Waals surface area contributed by atoms with Crippen molar-refractivity contribution in [3.8, 4) is 0 Å². The van der Waals surface area contributed by atoms with Gasteiger partial charge in [0.25, 0.3) is 0 Å². The average molecular weight is 266 g/mol. The van der Waals surface area contributed by atoms with Gasteiger partial charge in [-0.1, -0.05) is 29.8 Å². The van der Waals surface area contributed by atoms with E-state index in [-0.39, 0.29) is 0 Å². The Morgan fingerprint density at radius 1 is 1.22 bits per heavy atom. The molecule has 0 atom stereocenters.